The van der Waals surface area contributed by atoms with Gasteiger partial charge < -0.3 is 10.3 Å². The normalized spacial score (nSPS) is 10.9. The monoisotopic (exact) mass is 228 g/mol. The molecule has 4 nitrogen and oxygen atoms in total. The predicted molar refractivity (Wildman–Crippen MR) is 63.2 cm³/mol. The second kappa shape index (κ2) is 3.55. The number of pyridine rings is 1. The van der Waals surface area contributed by atoms with Gasteiger partial charge in [-0.2, -0.15) is 0 Å². The smallest absolute Gasteiger partial charge is 0.149 e. The number of halogens is 1. The number of para-hydroxylation sites is 1. The van der Waals surface area contributed by atoms with Gasteiger partial charge in [0.15, 0.2) is 0 Å². The molecule has 0 radical (unpaired) electrons. The number of hydrogen-bond donors (Lipinski definition) is 1. The minimum Gasteiger partial charge on any atom is -0.382 e. The zero-order valence-electron chi connectivity index (χ0n) is 8.84. The van der Waals surface area contributed by atoms with Gasteiger partial charge in [-0.25, -0.2) is 9.37 Å². The van der Waals surface area contributed by atoms with E-state index in [9.17, 15) is 4.39 Å². The number of nitrogens with zero attached hydrogens (tertiary/aromatic N) is 3. The minimum atomic E-state index is -0.336. The number of imidazole rings is 1. The Kier molecular flexibility index (Phi) is 2.04. The molecule has 0 bridgehead atoms. The van der Waals surface area contributed by atoms with Crippen LogP contribution in [0.2, 0.25) is 0 Å². The molecule has 0 unspecified atom stereocenters. The summed E-state index contributed by atoms with van der Waals surface area (Å²) in [6.07, 6.45) is 4.84. The molecule has 0 aliphatic heterocycles. The number of aromatic nitrogens is 3. The van der Waals surface area contributed by atoms with Crippen molar-refractivity contribution in [1.82, 2.24) is 14.5 Å². The molecule has 0 amide bonds. The Labute approximate surface area is 96.5 Å². The van der Waals surface area contributed by atoms with Gasteiger partial charge in [-0.3, -0.25) is 4.98 Å². The summed E-state index contributed by atoms with van der Waals surface area (Å²) in [4.78, 5) is 7.98. The van der Waals surface area contributed by atoms with Gasteiger partial charge in [-0.1, -0.05) is 12.1 Å². The third-order valence-corrected chi connectivity index (χ3v) is 2.58. The summed E-state index contributed by atoms with van der Waals surface area (Å²) in [6, 6.07) is 6.66. The first-order valence-electron chi connectivity index (χ1n) is 5.09. The number of nitrogen functional groups attached to an aromatic ring is 1. The van der Waals surface area contributed by atoms with Crippen molar-refractivity contribution in [2.45, 2.75) is 0 Å². The van der Waals surface area contributed by atoms with E-state index >= 15 is 0 Å². The third kappa shape index (κ3) is 1.52. The van der Waals surface area contributed by atoms with Crippen molar-refractivity contribution in [3.8, 4) is 5.69 Å². The van der Waals surface area contributed by atoms with Crippen LogP contribution in [0, 0.1) is 5.82 Å². The maximum Gasteiger partial charge on any atom is 0.149 e. The first-order chi connectivity index (χ1) is 8.25. The van der Waals surface area contributed by atoms with E-state index in [1.54, 1.807) is 35.4 Å². The second-order valence-electron chi connectivity index (χ2n) is 3.67. The SMILES string of the molecule is Nc1cn(-c2ccnc3c(F)cccc23)cn1. The fourth-order valence-corrected chi connectivity index (χ4v) is 1.82. The molecule has 0 aliphatic rings. The van der Waals surface area contributed by atoms with E-state index in [4.69, 9.17) is 5.73 Å². The fourth-order valence-electron chi connectivity index (χ4n) is 1.82. The molecular formula is C12H9FN4. The van der Waals surface area contributed by atoms with E-state index in [1.165, 1.54) is 6.07 Å². The van der Waals surface area contributed by atoms with Crippen LogP contribution in [-0.2, 0) is 0 Å². The van der Waals surface area contributed by atoms with Gasteiger partial charge in [0.1, 0.15) is 23.5 Å². The van der Waals surface area contributed by atoms with Gasteiger partial charge in [0, 0.05) is 11.6 Å². The zero-order chi connectivity index (χ0) is 11.8. The average molecular weight is 228 g/mol. The van der Waals surface area contributed by atoms with E-state index in [-0.39, 0.29) is 5.82 Å². The highest BCUT2D eigenvalue weighted by Crippen LogP contribution is 2.22. The molecule has 0 saturated heterocycles. The maximum absolute atomic E-state index is 13.6. The Bertz CT molecular complexity index is 690. The zero-order valence-corrected chi connectivity index (χ0v) is 8.84. The third-order valence-electron chi connectivity index (χ3n) is 2.58. The molecule has 3 rings (SSSR count). The number of benzene rings is 1. The van der Waals surface area contributed by atoms with Crippen LogP contribution in [0.4, 0.5) is 10.2 Å². The predicted octanol–water partition coefficient (Wildman–Crippen LogP) is 2.14. The van der Waals surface area contributed by atoms with Crippen molar-refractivity contribution >= 4 is 16.7 Å². The summed E-state index contributed by atoms with van der Waals surface area (Å²) < 4.78 is 15.3. The molecule has 2 heterocycles. The van der Waals surface area contributed by atoms with Crippen molar-refractivity contribution < 1.29 is 4.39 Å². The Hall–Kier alpha value is -2.43. The summed E-state index contributed by atoms with van der Waals surface area (Å²) >= 11 is 0. The summed E-state index contributed by atoms with van der Waals surface area (Å²) in [5.74, 6) is 0.0869. The van der Waals surface area contributed by atoms with Crippen molar-refractivity contribution in [3.63, 3.8) is 0 Å². The fraction of sp³-hybridized carbons (Fsp3) is 0. The molecular weight excluding hydrogens is 219 g/mol. The van der Waals surface area contributed by atoms with Gasteiger partial charge in [0.25, 0.3) is 0 Å². The van der Waals surface area contributed by atoms with Gasteiger partial charge in [-0.05, 0) is 12.1 Å². The van der Waals surface area contributed by atoms with Crippen molar-refractivity contribution in [1.29, 1.82) is 0 Å². The van der Waals surface area contributed by atoms with E-state index < -0.39 is 0 Å². The number of anilines is 1. The van der Waals surface area contributed by atoms with Crippen molar-refractivity contribution in [2.24, 2.45) is 0 Å². The van der Waals surface area contributed by atoms with Gasteiger partial charge in [0.05, 0.1) is 11.9 Å². The topological polar surface area (TPSA) is 56.7 Å². The molecule has 1 aromatic carbocycles. The van der Waals surface area contributed by atoms with Crippen molar-refractivity contribution in [2.75, 3.05) is 5.73 Å². The standard InChI is InChI=1S/C12H9FN4/c13-9-3-1-2-8-10(4-5-15-12(8)9)17-6-11(14)16-7-17/h1-7H,14H2. The lowest BCUT2D eigenvalue weighted by molar-refractivity contribution is 0.636. The van der Waals surface area contributed by atoms with Crippen LogP contribution >= 0.6 is 0 Å². The first-order valence-corrected chi connectivity index (χ1v) is 5.09. The lowest BCUT2D eigenvalue weighted by Crippen LogP contribution is -1.94. The van der Waals surface area contributed by atoms with Crippen LogP contribution < -0.4 is 5.73 Å². The Morgan fingerprint density at radius 1 is 1.18 bits per heavy atom. The Morgan fingerprint density at radius 2 is 2.06 bits per heavy atom. The molecule has 3 aromatic rings. The average Bonchev–Trinajstić information content (AvgIpc) is 2.76. The first kappa shape index (κ1) is 9.77. The molecule has 0 aliphatic carbocycles. The Morgan fingerprint density at radius 3 is 2.82 bits per heavy atom. The van der Waals surface area contributed by atoms with Gasteiger partial charge in [0.2, 0.25) is 0 Å². The number of nitrogens with two attached hydrogens (primary N) is 1. The van der Waals surface area contributed by atoms with Crippen LogP contribution in [0.3, 0.4) is 0 Å². The van der Waals surface area contributed by atoms with Gasteiger partial charge in [-0.15, -0.1) is 0 Å². The summed E-state index contributed by atoms with van der Waals surface area (Å²) in [5, 5.41) is 0.727. The maximum atomic E-state index is 13.6. The van der Waals surface area contributed by atoms with Crippen LogP contribution in [0.5, 0.6) is 0 Å². The quantitative estimate of drug-likeness (QED) is 0.694. The van der Waals surface area contributed by atoms with E-state index in [2.05, 4.69) is 9.97 Å². The van der Waals surface area contributed by atoms with Gasteiger partial charge >= 0.3 is 0 Å². The molecule has 2 N–H and O–H groups in total. The highest BCUT2D eigenvalue weighted by molar-refractivity contribution is 5.87. The molecule has 0 saturated carbocycles. The highest BCUT2D eigenvalue weighted by Gasteiger charge is 2.07. The lowest BCUT2D eigenvalue weighted by Gasteiger charge is -2.06. The van der Waals surface area contributed by atoms with E-state index in [0.717, 1.165) is 11.1 Å². The minimum absolute atomic E-state index is 0.336. The van der Waals surface area contributed by atoms with Crippen molar-refractivity contribution in [3.05, 3.63) is 48.8 Å². The number of rotatable bonds is 1. The van der Waals surface area contributed by atoms with Crippen LogP contribution in [0.15, 0.2) is 43.0 Å². The van der Waals surface area contributed by atoms with Crippen LogP contribution in [0.25, 0.3) is 16.6 Å². The molecule has 0 fully saturated rings. The highest BCUT2D eigenvalue weighted by atomic mass is 19.1. The number of fused-ring (bicyclic) bond motifs is 1. The largest absolute Gasteiger partial charge is 0.382 e. The van der Waals surface area contributed by atoms with E-state index in [0.29, 0.717) is 11.3 Å². The lowest BCUT2D eigenvalue weighted by atomic mass is 10.2. The molecule has 17 heavy (non-hydrogen) atoms. The Balaban J connectivity index is 2.34. The molecule has 2 aromatic heterocycles. The van der Waals surface area contributed by atoms with Crippen LogP contribution in [-0.4, -0.2) is 14.5 Å². The van der Waals surface area contributed by atoms with Crippen LogP contribution in [0.1, 0.15) is 0 Å². The molecule has 84 valence electrons. The molecule has 0 spiro atoms. The summed E-state index contributed by atoms with van der Waals surface area (Å²) in [6.45, 7) is 0. The number of hydrogen-bond acceptors (Lipinski definition) is 3. The second-order valence-corrected chi connectivity index (χ2v) is 3.67. The van der Waals surface area contributed by atoms with E-state index in [1.807, 2.05) is 6.07 Å². The molecule has 0 atom stereocenters. The summed E-state index contributed by atoms with van der Waals surface area (Å²) in [5.41, 5.74) is 6.72. The molecule has 5 heteroatoms. The summed E-state index contributed by atoms with van der Waals surface area (Å²) in [7, 11) is 0.